The van der Waals surface area contributed by atoms with E-state index >= 15 is 0 Å². The molecule has 1 saturated heterocycles. The van der Waals surface area contributed by atoms with Gasteiger partial charge in [-0.2, -0.15) is 11.8 Å². The fourth-order valence-electron chi connectivity index (χ4n) is 4.35. The Morgan fingerprint density at radius 3 is 2.47 bits per heavy atom. The summed E-state index contributed by atoms with van der Waals surface area (Å²) < 4.78 is 5.79. The number of carbonyl (C=O) groups is 2. The Kier molecular flexibility index (Phi) is 12.1. The number of hydrogen-bond donors (Lipinski definition) is 0. The number of rotatable bonds is 9. The zero-order valence-corrected chi connectivity index (χ0v) is 19.9. The van der Waals surface area contributed by atoms with Crippen molar-refractivity contribution >= 4 is 70.2 Å². The first-order chi connectivity index (χ1) is 15.0. The summed E-state index contributed by atoms with van der Waals surface area (Å²) in [5.74, 6) is 2.93. The van der Waals surface area contributed by atoms with Gasteiger partial charge in [-0.3, -0.25) is 9.59 Å². The SMILES string of the molecule is CCCC(=NOCC(C)Oc1ccc(Cl)cc1)C1C(=O)CC(C2CCCSC2)CC1=O.[NaH]. The summed E-state index contributed by atoms with van der Waals surface area (Å²) in [6, 6.07) is 7.12. The van der Waals surface area contributed by atoms with Gasteiger partial charge in [0.15, 0.2) is 6.61 Å². The number of oxime groups is 1. The number of ether oxygens (including phenoxy) is 1. The van der Waals surface area contributed by atoms with Crippen LogP contribution < -0.4 is 4.74 Å². The summed E-state index contributed by atoms with van der Waals surface area (Å²) >= 11 is 7.84. The Bertz CT molecular complexity index is 765. The molecule has 2 aliphatic rings. The third kappa shape index (κ3) is 8.05. The van der Waals surface area contributed by atoms with Crippen LogP contribution in [-0.4, -0.2) is 71.1 Å². The van der Waals surface area contributed by atoms with Crippen molar-refractivity contribution in [3.63, 3.8) is 0 Å². The molecular weight excluding hydrogens is 457 g/mol. The van der Waals surface area contributed by atoms with Gasteiger partial charge in [0.25, 0.3) is 0 Å². The molecule has 0 radical (unpaired) electrons. The van der Waals surface area contributed by atoms with Gasteiger partial charge in [-0.05, 0) is 73.8 Å². The minimum atomic E-state index is -0.736. The molecule has 0 N–H and O–H groups in total. The molecule has 1 aromatic carbocycles. The quantitative estimate of drug-likeness (QED) is 0.213. The molecule has 2 atom stereocenters. The summed E-state index contributed by atoms with van der Waals surface area (Å²) in [4.78, 5) is 31.4. The number of Topliss-reactive ketones (excluding diaryl/α,β-unsaturated/α-hetero) is 2. The van der Waals surface area contributed by atoms with E-state index in [9.17, 15) is 9.59 Å². The topological polar surface area (TPSA) is 65.0 Å². The van der Waals surface area contributed by atoms with E-state index in [1.54, 1.807) is 24.3 Å². The molecule has 1 aromatic rings. The van der Waals surface area contributed by atoms with E-state index in [4.69, 9.17) is 21.2 Å². The Labute approximate surface area is 222 Å². The molecule has 2 unspecified atom stereocenters. The molecule has 32 heavy (non-hydrogen) atoms. The number of carbonyl (C=O) groups excluding carboxylic acids is 2. The molecule has 1 saturated carbocycles. The van der Waals surface area contributed by atoms with Crippen LogP contribution in [0.1, 0.15) is 52.4 Å². The van der Waals surface area contributed by atoms with E-state index < -0.39 is 5.92 Å². The number of thioether (sulfide) groups is 1. The molecule has 8 heteroatoms. The van der Waals surface area contributed by atoms with Crippen molar-refractivity contribution in [1.82, 2.24) is 0 Å². The summed E-state index contributed by atoms with van der Waals surface area (Å²) in [6.45, 7) is 4.13. The zero-order chi connectivity index (χ0) is 22.2. The number of halogens is 1. The van der Waals surface area contributed by atoms with Crippen molar-refractivity contribution in [2.24, 2.45) is 22.9 Å². The number of benzene rings is 1. The van der Waals surface area contributed by atoms with Crippen molar-refractivity contribution in [1.29, 1.82) is 0 Å². The monoisotopic (exact) mass is 489 g/mol. The van der Waals surface area contributed by atoms with Gasteiger partial charge in [-0.25, -0.2) is 0 Å². The van der Waals surface area contributed by atoms with Gasteiger partial charge >= 0.3 is 29.6 Å². The van der Waals surface area contributed by atoms with Gasteiger partial charge in [-0.15, -0.1) is 0 Å². The van der Waals surface area contributed by atoms with Crippen LogP contribution in [-0.2, 0) is 14.4 Å². The van der Waals surface area contributed by atoms with Crippen LogP contribution in [0.2, 0.25) is 5.02 Å². The van der Waals surface area contributed by atoms with Crippen LogP contribution in [0.4, 0.5) is 0 Å². The summed E-state index contributed by atoms with van der Waals surface area (Å²) in [5.41, 5.74) is 0.563. The predicted molar refractivity (Wildman–Crippen MR) is 133 cm³/mol. The molecule has 3 rings (SSSR count). The van der Waals surface area contributed by atoms with Gasteiger partial charge in [0.05, 0.1) is 5.71 Å². The average Bonchev–Trinajstić information content (AvgIpc) is 2.75. The summed E-state index contributed by atoms with van der Waals surface area (Å²) in [6.07, 6.45) is 4.44. The van der Waals surface area contributed by atoms with Crippen LogP contribution in [0.3, 0.4) is 0 Å². The van der Waals surface area contributed by atoms with E-state index in [2.05, 4.69) is 5.16 Å². The van der Waals surface area contributed by atoms with E-state index in [-0.39, 0.29) is 59.8 Å². The summed E-state index contributed by atoms with van der Waals surface area (Å²) in [7, 11) is 0. The fourth-order valence-corrected chi connectivity index (χ4v) is 5.76. The van der Waals surface area contributed by atoms with Gasteiger partial charge in [0, 0.05) is 17.9 Å². The molecule has 0 amide bonds. The van der Waals surface area contributed by atoms with Crippen LogP contribution >= 0.6 is 23.4 Å². The summed E-state index contributed by atoms with van der Waals surface area (Å²) in [5, 5.41) is 4.89. The van der Waals surface area contributed by atoms with Crippen LogP contribution in [0, 0.1) is 17.8 Å². The molecule has 2 fully saturated rings. The van der Waals surface area contributed by atoms with E-state index in [1.807, 2.05) is 25.6 Å². The van der Waals surface area contributed by atoms with Crippen molar-refractivity contribution < 1.29 is 19.2 Å². The Morgan fingerprint density at radius 2 is 1.88 bits per heavy atom. The second kappa shape index (κ2) is 14.0. The Balaban J connectivity index is 0.00000363. The molecule has 1 aliphatic carbocycles. The number of ketones is 2. The molecule has 0 spiro atoms. The third-order valence-electron chi connectivity index (χ3n) is 5.91. The van der Waals surface area contributed by atoms with Gasteiger partial charge < -0.3 is 9.57 Å². The van der Waals surface area contributed by atoms with Crippen LogP contribution in [0.25, 0.3) is 0 Å². The molecule has 0 bridgehead atoms. The first-order valence-electron chi connectivity index (χ1n) is 11.2. The molecular formula is C24H33ClNNaO4S. The van der Waals surface area contributed by atoms with E-state index in [1.165, 1.54) is 12.2 Å². The van der Waals surface area contributed by atoms with Crippen molar-refractivity contribution in [2.45, 2.75) is 58.5 Å². The normalized spacial score (nSPS) is 25.1. The fraction of sp³-hybridized carbons (Fsp3) is 0.625. The second-order valence-corrected chi connectivity index (χ2v) is 10.1. The van der Waals surface area contributed by atoms with Crippen LogP contribution in [0.15, 0.2) is 29.4 Å². The van der Waals surface area contributed by atoms with Gasteiger partial charge in [0.2, 0.25) is 0 Å². The Hall–Kier alpha value is -0.530. The van der Waals surface area contributed by atoms with Crippen LogP contribution in [0.5, 0.6) is 5.75 Å². The Morgan fingerprint density at radius 1 is 1.19 bits per heavy atom. The molecule has 5 nitrogen and oxygen atoms in total. The van der Waals surface area contributed by atoms with Crippen molar-refractivity contribution in [2.75, 3.05) is 18.1 Å². The minimum absolute atomic E-state index is 0. The van der Waals surface area contributed by atoms with Crippen molar-refractivity contribution in [3.05, 3.63) is 29.3 Å². The number of hydrogen-bond acceptors (Lipinski definition) is 6. The zero-order valence-electron chi connectivity index (χ0n) is 18.3. The van der Waals surface area contributed by atoms with Gasteiger partial charge in [0.1, 0.15) is 29.3 Å². The molecule has 1 heterocycles. The standard InChI is InChI=1S/C24H32ClNO4S.Na.H/c1-3-5-21(26-29-14-16(2)30-20-9-7-19(25)8-10-20)24-22(27)12-18(13-23(24)28)17-6-4-11-31-15-17;;/h7-10,16-18,24H,3-6,11-15H2,1-2H3;;. The maximum atomic E-state index is 12.9. The first-order valence-corrected chi connectivity index (χ1v) is 12.7. The maximum absolute atomic E-state index is 12.9. The van der Waals surface area contributed by atoms with Crippen molar-refractivity contribution in [3.8, 4) is 5.75 Å². The second-order valence-electron chi connectivity index (χ2n) is 8.52. The predicted octanol–water partition coefficient (Wildman–Crippen LogP) is 4.94. The van der Waals surface area contributed by atoms with E-state index in [0.717, 1.165) is 18.6 Å². The third-order valence-corrected chi connectivity index (χ3v) is 7.41. The average molecular weight is 490 g/mol. The molecule has 172 valence electrons. The van der Waals surface area contributed by atoms with Gasteiger partial charge in [-0.1, -0.05) is 30.1 Å². The number of nitrogens with zero attached hydrogens (tertiary/aromatic N) is 1. The first kappa shape index (κ1) is 27.7. The molecule has 1 aliphatic heterocycles. The van der Waals surface area contributed by atoms with E-state index in [0.29, 0.717) is 41.7 Å². The molecule has 0 aromatic heterocycles.